The van der Waals surface area contributed by atoms with E-state index < -0.39 is 10.0 Å². The molecule has 1 aromatic rings. The molecular weight excluding hydrogens is 324 g/mol. The van der Waals surface area contributed by atoms with Crippen LogP contribution in [-0.2, 0) is 21.2 Å². The smallest absolute Gasteiger partial charge is 0.227 e. The molecule has 1 saturated heterocycles. The number of nitrogens with one attached hydrogen (secondary N) is 1. The minimum atomic E-state index is -3.16. The zero-order chi connectivity index (χ0) is 17.6. The molecular formula is C18H28N2O3S. The minimum absolute atomic E-state index is 0.00939. The third kappa shape index (κ3) is 5.05. The van der Waals surface area contributed by atoms with Crippen LogP contribution in [0.2, 0.25) is 0 Å². The molecule has 24 heavy (non-hydrogen) atoms. The number of rotatable bonds is 7. The summed E-state index contributed by atoms with van der Waals surface area (Å²) in [6.45, 7) is 4.97. The maximum absolute atomic E-state index is 12.4. The third-order valence-electron chi connectivity index (χ3n) is 4.60. The van der Waals surface area contributed by atoms with Gasteiger partial charge in [0.2, 0.25) is 15.9 Å². The van der Waals surface area contributed by atoms with Crippen molar-refractivity contribution in [1.82, 2.24) is 4.31 Å². The quantitative estimate of drug-likeness (QED) is 0.820. The van der Waals surface area contributed by atoms with Crippen LogP contribution < -0.4 is 5.32 Å². The number of benzene rings is 1. The first-order valence-electron chi connectivity index (χ1n) is 8.84. The lowest BCUT2D eigenvalue weighted by molar-refractivity contribution is -0.120. The van der Waals surface area contributed by atoms with Gasteiger partial charge in [-0.25, -0.2) is 12.7 Å². The standard InChI is InChI=1S/C18H28N2O3S/c1-3-5-14-24(22,23)20-12-10-16(11-13-20)18(21)19-17-8-6-15(4-2)7-9-17/h6-9,16H,3-5,10-14H2,1-2H3,(H,19,21). The molecule has 5 nitrogen and oxygen atoms in total. The number of piperidine rings is 1. The van der Waals surface area contributed by atoms with Crippen LogP contribution in [0.5, 0.6) is 0 Å². The first kappa shape index (κ1) is 18.9. The molecule has 2 rings (SSSR count). The summed E-state index contributed by atoms with van der Waals surface area (Å²) in [5, 5.41) is 2.94. The van der Waals surface area contributed by atoms with Crippen LogP contribution in [0.15, 0.2) is 24.3 Å². The maximum atomic E-state index is 12.4. The fourth-order valence-corrected chi connectivity index (χ4v) is 4.60. The molecule has 0 aliphatic carbocycles. The van der Waals surface area contributed by atoms with E-state index in [1.165, 1.54) is 5.56 Å². The van der Waals surface area contributed by atoms with E-state index in [4.69, 9.17) is 0 Å². The van der Waals surface area contributed by atoms with Crippen LogP contribution in [0.1, 0.15) is 45.1 Å². The zero-order valence-corrected chi connectivity index (χ0v) is 15.4. The Kier molecular flexibility index (Phi) is 6.80. The highest BCUT2D eigenvalue weighted by atomic mass is 32.2. The Labute approximate surface area is 145 Å². The van der Waals surface area contributed by atoms with E-state index in [2.05, 4.69) is 12.2 Å². The molecule has 1 aromatic carbocycles. The van der Waals surface area contributed by atoms with Crippen molar-refractivity contribution in [2.75, 3.05) is 24.2 Å². The summed E-state index contributed by atoms with van der Waals surface area (Å²) in [5.74, 6) is 0.0859. The van der Waals surface area contributed by atoms with E-state index in [-0.39, 0.29) is 17.6 Å². The van der Waals surface area contributed by atoms with Gasteiger partial charge in [0.25, 0.3) is 0 Å². The molecule has 0 bridgehead atoms. The lowest BCUT2D eigenvalue weighted by atomic mass is 9.97. The second kappa shape index (κ2) is 8.62. The molecule has 0 unspecified atom stereocenters. The molecule has 1 aliphatic rings. The van der Waals surface area contributed by atoms with Crippen molar-refractivity contribution in [3.63, 3.8) is 0 Å². The van der Waals surface area contributed by atoms with Gasteiger partial charge in [-0.1, -0.05) is 32.4 Å². The van der Waals surface area contributed by atoms with Crippen LogP contribution >= 0.6 is 0 Å². The number of hydrogen-bond donors (Lipinski definition) is 1. The van der Waals surface area contributed by atoms with Crippen molar-refractivity contribution in [2.45, 2.75) is 46.0 Å². The number of aryl methyl sites for hydroxylation is 1. The first-order chi connectivity index (χ1) is 11.5. The zero-order valence-electron chi connectivity index (χ0n) is 14.6. The van der Waals surface area contributed by atoms with Crippen LogP contribution in [-0.4, -0.2) is 37.5 Å². The Bertz CT molecular complexity index is 633. The van der Waals surface area contributed by atoms with Gasteiger partial charge in [0.1, 0.15) is 0 Å². The number of nitrogens with zero attached hydrogens (tertiary/aromatic N) is 1. The van der Waals surface area contributed by atoms with Crippen LogP contribution in [0.25, 0.3) is 0 Å². The summed E-state index contributed by atoms with van der Waals surface area (Å²) in [4.78, 5) is 12.4. The van der Waals surface area contributed by atoms with Gasteiger partial charge < -0.3 is 5.32 Å². The molecule has 1 aliphatic heterocycles. The summed E-state index contributed by atoms with van der Waals surface area (Å²) in [6.07, 6.45) is 3.71. The first-order valence-corrected chi connectivity index (χ1v) is 10.4. The van der Waals surface area contributed by atoms with Crippen molar-refractivity contribution >= 4 is 21.6 Å². The Balaban J connectivity index is 1.86. The number of hydrogen-bond acceptors (Lipinski definition) is 3. The number of amides is 1. The Hall–Kier alpha value is -1.40. The monoisotopic (exact) mass is 352 g/mol. The fourth-order valence-electron chi connectivity index (χ4n) is 2.92. The van der Waals surface area contributed by atoms with Gasteiger partial charge in [0.05, 0.1) is 5.75 Å². The molecule has 1 N–H and O–H groups in total. The summed E-state index contributed by atoms with van der Waals surface area (Å²) in [6, 6.07) is 7.86. The summed E-state index contributed by atoms with van der Waals surface area (Å²) in [7, 11) is -3.16. The normalized spacial score (nSPS) is 16.9. The van der Waals surface area contributed by atoms with Gasteiger partial charge in [-0.2, -0.15) is 0 Å². The lowest BCUT2D eigenvalue weighted by Gasteiger charge is -2.30. The van der Waals surface area contributed by atoms with Crippen molar-refractivity contribution in [3.05, 3.63) is 29.8 Å². The van der Waals surface area contributed by atoms with E-state index in [9.17, 15) is 13.2 Å². The number of carbonyl (C=O) groups excluding carboxylic acids is 1. The highest BCUT2D eigenvalue weighted by Crippen LogP contribution is 2.22. The van der Waals surface area contributed by atoms with Crippen LogP contribution in [0, 0.1) is 5.92 Å². The number of sulfonamides is 1. The molecule has 6 heteroatoms. The topological polar surface area (TPSA) is 66.5 Å². The van der Waals surface area contributed by atoms with Gasteiger partial charge in [-0.15, -0.1) is 0 Å². The van der Waals surface area contributed by atoms with Crippen molar-refractivity contribution in [3.8, 4) is 0 Å². The van der Waals surface area contributed by atoms with Crippen molar-refractivity contribution in [1.29, 1.82) is 0 Å². The van der Waals surface area contributed by atoms with Gasteiger partial charge in [0.15, 0.2) is 0 Å². The van der Waals surface area contributed by atoms with E-state index in [0.29, 0.717) is 32.4 Å². The molecule has 1 fully saturated rings. The van der Waals surface area contributed by atoms with Gasteiger partial charge in [0, 0.05) is 24.7 Å². The van der Waals surface area contributed by atoms with Gasteiger partial charge >= 0.3 is 0 Å². The summed E-state index contributed by atoms with van der Waals surface area (Å²) >= 11 is 0. The molecule has 1 amide bonds. The van der Waals surface area contributed by atoms with Gasteiger partial charge in [-0.05, 0) is 43.4 Å². The lowest BCUT2D eigenvalue weighted by Crippen LogP contribution is -2.42. The average Bonchev–Trinajstić information content (AvgIpc) is 2.60. The molecule has 0 saturated carbocycles. The van der Waals surface area contributed by atoms with E-state index in [1.807, 2.05) is 31.2 Å². The van der Waals surface area contributed by atoms with Crippen molar-refractivity contribution < 1.29 is 13.2 Å². The second-order valence-corrected chi connectivity index (χ2v) is 8.47. The summed E-state index contributed by atoms with van der Waals surface area (Å²) in [5.41, 5.74) is 2.04. The maximum Gasteiger partial charge on any atom is 0.227 e. The molecule has 0 aromatic heterocycles. The predicted octanol–water partition coefficient (Wildman–Crippen LogP) is 3.03. The third-order valence-corrected chi connectivity index (χ3v) is 6.56. The fraction of sp³-hybridized carbons (Fsp3) is 0.611. The highest BCUT2D eigenvalue weighted by Gasteiger charge is 2.30. The van der Waals surface area contributed by atoms with Crippen molar-refractivity contribution in [2.24, 2.45) is 5.92 Å². The molecule has 1 heterocycles. The Morgan fingerprint density at radius 1 is 1.17 bits per heavy atom. The minimum Gasteiger partial charge on any atom is -0.326 e. The number of anilines is 1. The largest absolute Gasteiger partial charge is 0.326 e. The summed E-state index contributed by atoms with van der Waals surface area (Å²) < 4.78 is 25.9. The van der Waals surface area contributed by atoms with Crippen LogP contribution in [0.4, 0.5) is 5.69 Å². The SMILES string of the molecule is CCCCS(=O)(=O)N1CCC(C(=O)Nc2ccc(CC)cc2)CC1. The average molecular weight is 353 g/mol. The number of carbonyl (C=O) groups is 1. The molecule has 134 valence electrons. The molecule has 0 spiro atoms. The van der Waals surface area contributed by atoms with Gasteiger partial charge in [-0.3, -0.25) is 4.79 Å². The van der Waals surface area contributed by atoms with E-state index in [0.717, 1.165) is 18.5 Å². The predicted molar refractivity (Wildman–Crippen MR) is 97.4 cm³/mol. The molecule has 0 atom stereocenters. The highest BCUT2D eigenvalue weighted by molar-refractivity contribution is 7.89. The van der Waals surface area contributed by atoms with E-state index >= 15 is 0 Å². The number of unbranched alkanes of at least 4 members (excludes halogenated alkanes) is 1. The molecule has 0 radical (unpaired) electrons. The Morgan fingerprint density at radius 2 is 1.79 bits per heavy atom. The van der Waals surface area contributed by atoms with E-state index in [1.54, 1.807) is 4.31 Å². The van der Waals surface area contributed by atoms with Crippen LogP contribution in [0.3, 0.4) is 0 Å². The Morgan fingerprint density at radius 3 is 2.33 bits per heavy atom. The second-order valence-electron chi connectivity index (χ2n) is 6.38.